The first kappa shape index (κ1) is 8.94. The number of H-pyrrole nitrogens is 1. The van der Waals surface area contributed by atoms with E-state index in [2.05, 4.69) is 28.6 Å². The fourth-order valence-corrected chi connectivity index (χ4v) is 1.97. The van der Waals surface area contributed by atoms with Crippen molar-refractivity contribution in [1.82, 2.24) is 14.8 Å². The van der Waals surface area contributed by atoms with Crippen molar-refractivity contribution in [2.24, 2.45) is 11.3 Å². The van der Waals surface area contributed by atoms with Gasteiger partial charge in [-0.1, -0.05) is 13.8 Å². The zero-order valence-electron chi connectivity index (χ0n) is 8.29. The average Bonchev–Trinajstić information content (AvgIpc) is 2.52. The molecule has 0 bridgehead atoms. The third-order valence-electron chi connectivity index (χ3n) is 3.07. The molecule has 1 unspecified atom stereocenters. The van der Waals surface area contributed by atoms with Crippen LogP contribution in [0.25, 0.3) is 0 Å². The standard InChI is InChI=1S/C9H15N3S/c1-6-10-11-8(13)12(6)5-7-4-9(7,2)3/h7H,4-5H2,1-3H3,(H,11,13). The van der Waals surface area contributed by atoms with Crippen molar-refractivity contribution < 1.29 is 0 Å². The van der Waals surface area contributed by atoms with Crippen LogP contribution in [-0.4, -0.2) is 14.8 Å². The lowest BCUT2D eigenvalue weighted by atomic mass is 10.1. The number of aromatic nitrogens is 3. The van der Waals surface area contributed by atoms with Gasteiger partial charge in [-0.25, -0.2) is 0 Å². The second-order valence-electron chi connectivity index (χ2n) is 4.58. The highest BCUT2D eigenvalue weighted by Gasteiger charge is 2.45. The molecule has 0 amide bonds. The summed E-state index contributed by atoms with van der Waals surface area (Å²) >= 11 is 5.14. The largest absolute Gasteiger partial charge is 0.304 e. The Morgan fingerprint density at radius 2 is 2.31 bits per heavy atom. The molecule has 4 heteroatoms. The van der Waals surface area contributed by atoms with Gasteiger partial charge in [0.15, 0.2) is 4.77 Å². The van der Waals surface area contributed by atoms with Crippen molar-refractivity contribution in [3.63, 3.8) is 0 Å². The van der Waals surface area contributed by atoms with Gasteiger partial charge in [-0.05, 0) is 36.9 Å². The molecule has 0 spiro atoms. The van der Waals surface area contributed by atoms with Crippen LogP contribution in [0, 0.1) is 23.0 Å². The molecule has 2 rings (SSSR count). The topological polar surface area (TPSA) is 33.6 Å². The lowest BCUT2D eigenvalue weighted by Crippen LogP contribution is -2.05. The minimum Gasteiger partial charge on any atom is -0.304 e. The van der Waals surface area contributed by atoms with E-state index < -0.39 is 0 Å². The monoisotopic (exact) mass is 197 g/mol. The van der Waals surface area contributed by atoms with Gasteiger partial charge in [-0.3, -0.25) is 5.10 Å². The Bertz CT molecular complexity index is 374. The van der Waals surface area contributed by atoms with E-state index in [9.17, 15) is 0 Å². The lowest BCUT2D eigenvalue weighted by molar-refractivity contribution is 0.490. The van der Waals surface area contributed by atoms with E-state index in [1.54, 1.807) is 0 Å². The van der Waals surface area contributed by atoms with Crippen LogP contribution in [0.4, 0.5) is 0 Å². The van der Waals surface area contributed by atoms with E-state index in [0.717, 1.165) is 23.1 Å². The smallest absolute Gasteiger partial charge is 0.195 e. The van der Waals surface area contributed by atoms with Crippen LogP contribution >= 0.6 is 12.2 Å². The highest BCUT2D eigenvalue weighted by molar-refractivity contribution is 7.71. The molecular weight excluding hydrogens is 182 g/mol. The normalized spacial score (nSPS) is 24.7. The number of rotatable bonds is 2. The van der Waals surface area contributed by atoms with Crippen molar-refractivity contribution in [3.05, 3.63) is 10.6 Å². The Balaban J connectivity index is 2.15. The molecular formula is C9H15N3S. The lowest BCUT2D eigenvalue weighted by Gasteiger charge is -2.05. The summed E-state index contributed by atoms with van der Waals surface area (Å²) in [7, 11) is 0. The van der Waals surface area contributed by atoms with E-state index in [4.69, 9.17) is 12.2 Å². The molecule has 72 valence electrons. The van der Waals surface area contributed by atoms with Gasteiger partial charge in [0.2, 0.25) is 0 Å². The predicted octanol–water partition coefficient (Wildman–Crippen LogP) is 2.30. The van der Waals surface area contributed by atoms with Gasteiger partial charge in [0.1, 0.15) is 5.82 Å². The van der Waals surface area contributed by atoms with E-state index in [1.807, 2.05) is 6.92 Å². The highest BCUT2D eigenvalue weighted by atomic mass is 32.1. The molecule has 1 aromatic heterocycles. The first-order chi connectivity index (χ1) is 6.00. The third kappa shape index (κ3) is 1.55. The Labute approximate surface area is 83.2 Å². The van der Waals surface area contributed by atoms with E-state index >= 15 is 0 Å². The second kappa shape index (κ2) is 2.67. The summed E-state index contributed by atoms with van der Waals surface area (Å²) in [6, 6.07) is 0. The molecule has 0 aromatic carbocycles. The summed E-state index contributed by atoms with van der Waals surface area (Å²) in [5.41, 5.74) is 0.512. The van der Waals surface area contributed by atoms with Crippen LogP contribution in [0.2, 0.25) is 0 Å². The van der Waals surface area contributed by atoms with Gasteiger partial charge in [0, 0.05) is 6.54 Å². The molecule has 1 heterocycles. The van der Waals surface area contributed by atoms with Crippen LogP contribution in [-0.2, 0) is 6.54 Å². The van der Waals surface area contributed by atoms with Gasteiger partial charge in [-0.15, -0.1) is 0 Å². The molecule has 1 fully saturated rings. The first-order valence-corrected chi connectivity index (χ1v) is 5.03. The average molecular weight is 197 g/mol. The van der Waals surface area contributed by atoms with Gasteiger partial charge < -0.3 is 4.57 Å². The first-order valence-electron chi connectivity index (χ1n) is 4.62. The van der Waals surface area contributed by atoms with E-state index in [1.165, 1.54) is 6.42 Å². The summed E-state index contributed by atoms with van der Waals surface area (Å²) in [5.74, 6) is 1.77. The fourth-order valence-electron chi connectivity index (χ4n) is 1.72. The molecule has 1 aromatic rings. The molecule has 1 atom stereocenters. The molecule has 0 radical (unpaired) electrons. The van der Waals surface area contributed by atoms with Crippen molar-refractivity contribution >= 4 is 12.2 Å². The van der Waals surface area contributed by atoms with E-state index in [-0.39, 0.29) is 0 Å². The summed E-state index contributed by atoms with van der Waals surface area (Å²) in [6.07, 6.45) is 1.30. The maximum Gasteiger partial charge on any atom is 0.195 e. The minimum absolute atomic E-state index is 0.512. The summed E-state index contributed by atoms with van der Waals surface area (Å²) in [6.45, 7) is 7.61. The molecule has 0 aliphatic heterocycles. The van der Waals surface area contributed by atoms with Crippen LogP contribution in [0.15, 0.2) is 0 Å². The molecule has 13 heavy (non-hydrogen) atoms. The third-order valence-corrected chi connectivity index (χ3v) is 3.38. The van der Waals surface area contributed by atoms with Gasteiger partial charge in [-0.2, -0.15) is 5.10 Å². The number of aromatic amines is 1. The van der Waals surface area contributed by atoms with Crippen LogP contribution in [0.3, 0.4) is 0 Å². The Morgan fingerprint density at radius 1 is 1.69 bits per heavy atom. The van der Waals surface area contributed by atoms with Crippen LogP contribution in [0.1, 0.15) is 26.1 Å². The number of hydrogen-bond acceptors (Lipinski definition) is 2. The molecule has 1 aliphatic rings. The predicted molar refractivity (Wildman–Crippen MR) is 54.0 cm³/mol. The van der Waals surface area contributed by atoms with Crippen molar-refractivity contribution in [3.8, 4) is 0 Å². The Morgan fingerprint density at radius 3 is 2.69 bits per heavy atom. The number of aryl methyl sites for hydroxylation is 1. The molecule has 0 saturated heterocycles. The maximum absolute atomic E-state index is 5.14. The maximum atomic E-state index is 5.14. The summed E-state index contributed by atoms with van der Waals surface area (Å²) in [4.78, 5) is 0. The zero-order chi connectivity index (χ0) is 9.64. The van der Waals surface area contributed by atoms with Crippen molar-refractivity contribution in [1.29, 1.82) is 0 Å². The van der Waals surface area contributed by atoms with Crippen molar-refractivity contribution in [2.75, 3.05) is 0 Å². The fraction of sp³-hybridized carbons (Fsp3) is 0.778. The number of nitrogens with one attached hydrogen (secondary N) is 1. The van der Waals surface area contributed by atoms with E-state index in [0.29, 0.717) is 5.41 Å². The molecule has 1 aliphatic carbocycles. The number of nitrogens with zero attached hydrogens (tertiary/aromatic N) is 2. The van der Waals surface area contributed by atoms with Crippen molar-refractivity contribution in [2.45, 2.75) is 33.7 Å². The van der Waals surface area contributed by atoms with Crippen LogP contribution < -0.4 is 0 Å². The molecule has 1 N–H and O–H groups in total. The van der Waals surface area contributed by atoms with Crippen LogP contribution in [0.5, 0.6) is 0 Å². The summed E-state index contributed by atoms with van der Waals surface area (Å²) in [5, 5.41) is 6.90. The minimum atomic E-state index is 0.512. The van der Waals surface area contributed by atoms with Gasteiger partial charge in [0.25, 0.3) is 0 Å². The quantitative estimate of drug-likeness (QED) is 0.738. The number of hydrogen-bond donors (Lipinski definition) is 1. The second-order valence-corrected chi connectivity index (χ2v) is 4.96. The molecule has 3 nitrogen and oxygen atoms in total. The van der Waals surface area contributed by atoms with Gasteiger partial charge in [0.05, 0.1) is 0 Å². The Kier molecular flexibility index (Phi) is 1.84. The molecule has 1 saturated carbocycles. The highest BCUT2D eigenvalue weighted by Crippen LogP contribution is 2.52. The SMILES string of the molecule is Cc1n[nH]c(=S)n1CC1CC1(C)C. The van der Waals surface area contributed by atoms with Gasteiger partial charge >= 0.3 is 0 Å². The summed E-state index contributed by atoms with van der Waals surface area (Å²) < 4.78 is 2.84. The zero-order valence-corrected chi connectivity index (χ0v) is 9.11. The Hall–Kier alpha value is -0.640.